The highest BCUT2D eigenvalue weighted by molar-refractivity contribution is 6.32. The fraction of sp³-hybridized carbons (Fsp3) is 0.250. The molecule has 1 amide bonds. The molecular formula is C20H21ClN4O3. The topological polar surface area (TPSA) is 78.3 Å². The van der Waals surface area contributed by atoms with Crippen molar-refractivity contribution in [2.75, 3.05) is 13.7 Å². The number of benzene rings is 1. The second-order valence-electron chi connectivity index (χ2n) is 5.99. The molecule has 3 rings (SSSR count). The van der Waals surface area contributed by atoms with Gasteiger partial charge in [0.25, 0.3) is 5.91 Å². The van der Waals surface area contributed by atoms with Gasteiger partial charge in [0.05, 0.1) is 18.7 Å². The molecule has 0 spiro atoms. The standard InChI is InChI=1S/C20H21ClN4O3/c1-3-9-28-19-16(21)11-15(12-17(19)27-2)20(26)23-13-14-5-7-22-18(10-14)25-8-4-6-24-25/h4-8,10-12H,3,9,13H2,1-2H3,(H,23,26). The van der Waals surface area contributed by atoms with Crippen LogP contribution < -0.4 is 14.8 Å². The second kappa shape index (κ2) is 9.23. The SMILES string of the molecule is CCCOc1c(Cl)cc(C(=O)NCc2ccnc(-n3cccn3)c2)cc1OC. The highest BCUT2D eigenvalue weighted by Crippen LogP contribution is 2.36. The summed E-state index contributed by atoms with van der Waals surface area (Å²) in [5.41, 5.74) is 1.29. The van der Waals surface area contributed by atoms with Gasteiger partial charge in [-0.25, -0.2) is 9.67 Å². The lowest BCUT2D eigenvalue weighted by Crippen LogP contribution is -2.23. The average molecular weight is 401 g/mol. The largest absolute Gasteiger partial charge is 0.493 e. The molecular weight excluding hydrogens is 380 g/mol. The van der Waals surface area contributed by atoms with Crippen molar-refractivity contribution in [1.29, 1.82) is 0 Å². The summed E-state index contributed by atoms with van der Waals surface area (Å²) < 4.78 is 12.6. The van der Waals surface area contributed by atoms with Crippen molar-refractivity contribution in [3.8, 4) is 17.3 Å². The van der Waals surface area contributed by atoms with Crippen LogP contribution in [-0.4, -0.2) is 34.4 Å². The van der Waals surface area contributed by atoms with Gasteiger partial charge in [0.15, 0.2) is 17.3 Å². The van der Waals surface area contributed by atoms with Crippen LogP contribution in [0.5, 0.6) is 11.5 Å². The van der Waals surface area contributed by atoms with Gasteiger partial charge in [-0.15, -0.1) is 0 Å². The van der Waals surface area contributed by atoms with Crippen LogP contribution in [0.2, 0.25) is 5.02 Å². The Morgan fingerprint density at radius 3 is 2.86 bits per heavy atom. The third-order valence-corrected chi connectivity index (χ3v) is 4.23. The van der Waals surface area contributed by atoms with Crippen LogP contribution in [0.25, 0.3) is 5.82 Å². The Morgan fingerprint density at radius 2 is 2.14 bits per heavy atom. The van der Waals surface area contributed by atoms with Gasteiger partial charge in [-0.2, -0.15) is 5.10 Å². The minimum absolute atomic E-state index is 0.264. The molecule has 146 valence electrons. The monoisotopic (exact) mass is 400 g/mol. The van der Waals surface area contributed by atoms with Gasteiger partial charge in [0.1, 0.15) is 0 Å². The average Bonchev–Trinajstić information content (AvgIpc) is 3.25. The molecule has 1 aromatic carbocycles. The zero-order valence-electron chi connectivity index (χ0n) is 15.7. The van der Waals surface area contributed by atoms with Gasteiger partial charge in [-0.1, -0.05) is 18.5 Å². The lowest BCUT2D eigenvalue weighted by Gasteiger charge is -2.14. The molecule has 2 heterocycles. The molecule has 0 aliphatic carbocycles. The van der Waals surface area contributed by atoms with E-state index in [-0.39, 0.29) is 5.91 Å². The van der Waals surface area contributed by atoms with Crippen molar-refractivity contribution in [3.05, 3.63) is 65.1 Å². The zero-order chi connectivity index (χ0) is 19.9. The Hall–Kier alpha value is -3.06. The molecule has 0 saturated carbocycles. The zero-order valence-corrected chi connectivity index (χ0v) is 16.4. The van der Waals surface area contributed by atoms with Crippen LogP contribution in [0, 0.1) is 0 Å². The minimum atomic E-state index is -0.264. The first-order valence-corrected chi connectivity index (χ1v) is 9.23. The molecule has 0 fully saturated rings. The summed E-state index contributed by atoms with van der Waals surface area (Å²) in [5.74, 6) is 1.29. The van der Waals surface area contributed by atoms with Crippen molar-refractivity contribution in [2.45, 2.75) is 19.9 Å². The van der Waals surface area contributed by atoms with Crippen LogP contribution in [0.1, 0.15) is 29.3 Å². The first-order chi connectivity index (χ1) is 13.6. The summed E-state index contributed by atoms with van der Waals surface area (Å²) in [6, 6.07) is 8.71. The number of hydrogen-bond donors (Lipinski definition) is 1. The lowest BCUT2D eigenvalue weighted by atomic mass is 10.1. The number of methoxy groups -OCH3 is 1. The third kappa shape index (κ3) is 4.61. The summed E-state index contributed by atoms with van der Waals surface area (Å²) in [6.07, 6.45) is 6.01. The molecule has 0 aliphatic rings. The quantitative estimate of drug-likeness (QED) is 0.624. The Morgan fingerprint density at radius 1 is 1.29 bits per heavy atom. The Kier molecular flexibility index (Phi) is 6.49. The number of nitrogens with one attached hydrogen (secondary N) is 1. The predicted octanol–water partition coefficient (Wildman–Crippen LogP) is 3.65. The molecule has 0 unspecified atom stereocenters. The summed E-state index contributed by atoms with van der Waals surface area (Å²) in [5, 5.41) is 7.37. The predicted molar refractivity (Wildman–Crippen MR) is 106 cm³/mol. The minimum Gasteiger partial charge on any atom is -0.493 e. The molecule has 28 heavy (non-hydrogen) atoms. The van der Waals surface area contributed by atoms with E-state index in [4.69, 9.17) is 21.1 Å². The Balaban J connectivity index is 1.71. The molecule has 7 nitrogen and oxygen atoms in total. The number of rotatable bonds is 8. The number of hydrogen-bond acceptors (Lipinski definition) is 5. The number of aromatic nitrogens is 3. The number of carbonyl (C=O) groups excluding carboxylic acids is 1. The molecule has 0 aliphatic heterocycles. The summed E-state index contributed by atoms with van der Waals surface area (Å²) in [6.45, 7) is 2.85. The molecule has 0 bridgehead atoms. The van der Waals surface area contributed by atoms with Gasteiger partial charge in [0.2, 0.25) is 0 Å². The highest BCUT2D eigenvalue weighted by atomic mass is 35.5. The Labute approximate surface area is 168 Å². The fourth-order valence-electron chi connectivity index (χ4n) is 2.58. The van der Waals surface area contributed by atoms with E-state index in [0.717, 1.165) is 12.0 Å². The van der Waals surface area contributed by atoms with Gasteiger partial charge in [-0.3, -0.25) is 4.79 Å². The summed E-state index contributed by atoms with van der Waals surface area (Å²) in [4.78, 5) is 16.9. The van der Waals surface area contributed by atoms with E-state index in [1.54, 1.807) is 35.4 Å². The van der Waals surface area contributed by atoms with Gasteiger partial charge >= 0.3 is 0 Å². The van der Waals surface area contributed by atoms with E-state index < -0.39 is 0 Å². The van der Waals surface area contributed by atoms with Crippen molar-refractivity contribution in [2.24, 2.45) is 0 Å². The number of ether oxygens (including phenoxy) is 2. The van der Waals surface area contributed by atoms with Crippen molar-refractivity contribution < 1.29 is 14.3 Å². The number of carbonyl (C=O) groups is 1. The molecule has 0 atom stereocenters. The third-order valence-electron chi connectivity index (χ3n) is 3.94. The van der Waals surface area contributed by atoms with E-state index in [1.807, 2.05) is 25.1 Å². The maximum absolute atomic E-state index is 12.6. The highest BCUT2D eigenvalue weighted by Gasteiger charge is 2.16. The maximum Gasteiger partial charge on any atom is 0.251 e. The number of amides is 1. The van der Waals surface area contributed by atoms with E-state index >= 15 is 0 Å². The summed E-state index contributed by atoms with van der Waals surface area (Å²) in [7, 11) is 1.51. The molecule has 1 N–H and O–H groups in total. The number of nitrogens with zero attached hydrogens (tertiary/aromatic N) is 3. The first-order valence-electron chi connectivity index (χ1n) is 8.86. The van der Waals surface area contributed by atoms with Crippen LogP contribution in [-0.2, 0) is 6.54 Å². The lowest BCUT2D eigenvalue weighted by molar-refractivity contribution is 0.0950. The van der Waals surface area contributed by atoms with Crippen LogP contribution in [0.15, 0.2) is 48.9 Å². The van der Waals surface area contributed by atoms with E-state index in [0.29, 0.717) is 41.1 Å². The van der Waals surface area contributed by atoms with E-state index in [2.05, 4.69) is 15.4 Å². The van der Waals surface area contributed by atoms with E-state index in [9.17, 15) is 4.79 Å². The molecule has 0 saturated heterocycles. The van der Waals surface area contributed by atoms with Crippen molar-refractivity contribution in [3.63, 3.8) is 0 Å². The smallest absolute Gasteiger partial charge is 0.251 e. The second-order valence-corrected chi connectivity index (χ2v) is 6.40. The molecule has 2 aromatic heterocycles. The van der Waals surface area contributed by atoms with Crippen LogP contribution >= 0.6 is 11.6 Å². The van der Waals surface area contributed by atoms with Crippen molar-refractivity contribution >= 4 is 17.5 Å². The first kappa shape index (κ1) is 19.7. The van der Waals surface area contributed by atoms with E-state index in [1.165, 1.54) is 7.11 Å². The fourth-order valence-corrected chi connectivity index (χ4v) is 2.84. The number of halogens is 1. The van der Waals surface area contributed by atoms with Crippen LogP contribution in [0.3, 0.4) is 0 Å². The normalized spacial score (nSPS) is 10.5. The molecule has 0 radical (unpaired) electrons. The number of pyridine rings is 1. The van der Waals surface area contributed by atoms with Crippen LogP contribution in [0.4, 0.5) is 0 Å². The molecule has 8 heteroatoms. The van der Waals surface area contributed by atoms with Gasteiger partial charge < -0.3 is 14.8 Å². The summed E-state index contributed by atoms with van der Waals surface area (Å²) >= 11 is 6.29. The van der Waals surface area contributed by atoms with Crippen molar-refractivity contribution in [1.82, 2.24) is 20.1 Å². The Bertz CT molecular complexity index is 945. The maximum atomic E-state index is 12.6. The van der Waals surface area contributed by atoms with Gasteiger partial charge in [0, 0.05) is 30.7 Å². The van der Waals surface area contributed by atoms with Gasteiger partial charge in [-0.05, 0) is 42.3 Å². The molecule has 3 aromatic rings.